The van der Waals surface area contributed by atoms with Crippen LogP contribution in [0.25, 0.3) is 11.3 Å². The van der Waals surface area contributed by atoms with Crippen LogP contribution >= 0.6 is 27.3 Å². The summed E-state index contributed by atoms with van der Waals surface area (Å²) in [6.07, 6.45) is 2.80. The van der Waals surface area contributed by atoms with Gasteiger partial charge in [-0.1, -0.05) is 46.3 Å². The maximum absolute atomic E-state index is 12.8. The molecule has 2 aromatic carbocycles. The predicted octanol–water partition coefficient (Wildman–Crippen LogP) is 5.81. The number of thiophene rings is 1. The Morgan fingerprint density at radius 2 is 1.88 bits per heavy atom. The maximum atomic E-state index is 12.8. The standard InChI is InChI=1S/C24H19BrN2O4S2/c1-33(29,30)20-12-18(25)11-19(13-20)27-24(28)22-10-17(15-32-22)23-21(8-5-9-26-23)31-14-16-6-3-2-4-7-16/h2-13,15H,14H2,1H3,(H,27,28). The van der Waals surface area contributed by atoms with Crippen LogP contribution in [0.15, 0.2) is 87.7 Å². The van der Waals surface area contributed by atoms with E-state index in [1.807, 2.05) is 41.8 Å². The van der Waals surface area contributed by atoms with Crippen LogP contribution in [0.3, 0.4) is 0 Å². The Kier molecular flexibility index (Phi) is 6.92. The van der Waals surface area contributed by atoms with Crippen LogP contribution in [-0.2, 0) is 16.4 Å². The Morgan fingerprint density at radius 1 is 1.09 bits per heavy atom. The fraction of sp³-hybridized carbons (Fsp3) is 0.0833. The zero-order valence-corrected chi connectivity index (χ0v) is 20.7. The second-order valence-corrected chi connectivity index (χ2v) is 11.1. The number of amides is 1. The van der Waals surface area contributed by atoms with Gasteiger partial charge in [-0.05, 0) is 42.0 Å². The van der Waals surface area contributed by atoms with Crippen LogP contribution in [0.1, 0.15) is 15.2 Å². The first kappa shape index (κ1) is 23.2. The van der Waals surface area contributed by atoms with Gasteiger partial charge in [-0.15, -0.1) is 11.3 Å². The molecule has 33 heavy (non-hydrogen) atoms. The number of benzene rings is 2. The van der Waals surface area contributed by atoms with Gasteiger partial charge in [0.15, 0.2) is 9.84 Å². The first-order valence-corrected chi connectivity index (χ1v) is 13.4. The number of aromatic nitrogens is 1. The molecule has 2 heterocycles. The molecule has 0 unspecified atom stereocenters. The molecule has 4 aromatic rings. The number of anilines is 1. The smallest absolute Gasteiger partial charge is 0.265 e. The lowest BCUT2D eigenvalue weighted by Gasteiger charge is -2.10. The summed E-state index contributed by atoms with van der Waals surface area (Å²) in [6, 6.07) is 19.8. The predicted molar refractivity (Wildman–Crippen MR) is 134 cm³/mol. The van der Waals surface area contributed by atoms with Crippen molar-refractivity contribution in [2.45, 2.75) is 11.5 Å². The van der Waals surface area contributed by atoms with Crippen LogP contribution in [0, 0.1) is 0 Å². The van der Waals surface area contributed by atoms with Crippen molar-refractivity contribution in [3.8, 4) is 17.0 Å². The zero-order chi connectivity index (χ0) is 23.4. The largest absolute Gasteiger partial charge is 0.487 e. The van der Waals surface area contributed by atoms with Gasteiger partial charge in [0.05, 0.1) is 9.77 Å². The number of hydrogen-bond acceptors (Lipinski definition) is 6. The number of carbonyl (C=O) groups is 1. The van der Waals surface area contributed by atoms with Gasteiger partial charge < -0.3 is 10.1 Å². The minimum absolute atomic E-state index is 0.118. The Morgan fingerprint density at radius 3 is 2.64 bits per heavy atom. The summed E-state index contributed by atoms with van der Waals surface area (Å²) in [5.74, 6) is 0.280. The van der Waals surface area contributed by atoms with Gasteiger partial charge >= 0.3 is 0 Å². The van der Waals surface area contributed by atoms with E-state index in [1.54, 1.807) is 24.4 Å². The van der Waals surface area contributed by atoms with E-state index in [4.69, 9.17) is 4.74 Å². The summed E-state index contributed by atoms with van der Waals surface area (Å²) >= 11 is 4.56. The molecule has 0 spiro atoms. The fourth-order valence-corrected chi connectivity index (χ4v) is 5.19. The monoisotopic (exact) mass is 542 g/mol. The molecule has 1 N–H and O–H groups in total. The molecule has 0 aliphatic heterocycles. The number of pyridine rings is 1. The summed E-state index contributed by atoms with van der Waals surface area (Å²) in [6.45, 7) is 0.405. The number of ether oxygens (including phenoxy) is 1. The van der Waals surface area contributed by atoms with E-state index in [2.05, 4.69) is 26.2 Å². The SMILES string of the molecule is CS(=O)(=O)c1cc(Br)cc(NC(=O)c2cc(-c3ncccc3OCc3ccccc3)cs2)c1. The average Bonchev–Trinajstić information content (AvgIpc) is 3.28. The van der Waals surface area contributed by atoms with Crippen molar-refractivity contribution >= 4 is 48.7 Å². The molecule has 1 amide bonds. The minimum Gasteiger partial charge on any atom is -0.487 e. The maximum Gasteiger partial charge on any atom is 0.265 e. The summed E-state index contributed by atoms with van der Waals surface area (Å²) < 4.78 is 30.3. The van der Waals surface area contributed by atoms with E-state index < -0.39 is 9.84 Å². The molecule has 168 valence electrons. The van der Waals surface area contributed by atoms with Gasteiger partial charge in [0.1, 0.15) is 18.1 Å². The zero-order valence-electron chi connectivity index (χ0n) is 17.5. The van der Waals surface area contributed by atoms with E-state index in [9.17, 15) is 13.2 Å². The third-order valence-electron chi connectivity index (χ3n) is 4.66. The molecule has 0 atom stereocenters. The molecular weight excluding hydrogens is 524 g/mol. The van der Waals surface area contributed by atoms with E-state index in [0.29, 0.717) is 33.1 Å². The molecule has 0 radical (unpaired) electrons. The molecule has 0 fully saturated rings. The minimum atomic E-state index is -3.41. The van der Waals surface area contributed by atoms with E-state index in [1.165, 1.54) is 23.5 Å². The lowest BCUT2D eigenvalue weighted by atomic mass is 10.2. The Balaban J connectivity index is 1.53. The molecule has 0 aliphatic rings. The highest BCUT2D eigenvalue weighted by Gasteiger charge is 2.16. The van der Waals surface area contributed by atoms with Gasteiger partial charge in [-0.2, -0.15) is 0 Å². The van der Waals surface area contributed by atoms with Crippen LogP contribution < -0.4 is 10.1 Å². The summed E-state index contributed by atoms with van der Waals surface area (Å²) in [5, 5.41) is 4.61. The van der Waals surface area contributed by atoms with E-state index in [0.717, 1.165) is 17.4 Å². The second-order valence-electron chi connectivity index (χ2n) is 7.23. The Hall–Kier alpha value is -3.01. The summed E-state index contributed by atoms with van der Waals surface area (Å²) in [4.78, 5) is 17.8. The highest BCUT2D eigenvalue weighted by Crippen LogP contribution is 2.32. The van der Waals surface area contributed by atoms with Crippen molar-refractivity contribution in [1.82, 2.24) is 4.98 Å². The molecule has 0 saturated heterocycles. The first-order valence-electron chi connectivity index (χ1n) is 9.82. The van der Waals surface area contributed by atoms with Crippen molar-refractivity contribution in [2.24, 2.45) is 0 Å². The first-order chi connectivity index (χ1) is 15.8. The van der Waals surface area contributed by atoms with Crippen LogP contribution in [0.2, 0.25) is 0 Å². The summed E-state index contributed by atoms with van der Waals surface area (Å²) in [7, 11) is -3.41. The average molecular weight is 543 g/mol. The van der Waals surface area contributed by atoms with Crippen molar-refractivity contribution in [1.29, 1.82) is 0 Å². The molecule has 0 bridgehead atoms. The third-order valence-corrected chi connectivity index (χ3v) is 7.14. The molecule has 9 heteroatoms. The quantitative estimate of drug-likeness (QED) is 0.318. The van der Waals surface area contributed by atoms with Crippen molar-refractivity contribution in [3.05, 3.63) is 93.2 Å². The number of rotatable bonds is 7. The van der Waals surface area contributed by atoms with Crippen molar-refractivity contribution in [2.75, 3.05) is 11.6 Å². The van der Waals surface area contributed by atoms with Crippen LogP contribution in [-0.4, -0.2) is 25.6 Å². The van der Waals surface area contributed by atoms with Crippen LogP contribution in [0.5, 0.6) is 5.75 Å². The topological polar surface area (TPSA) is 85.4 Å². The van der Waals surface area contributed by atoms with E-state index in [-0.39, 0.29) is 10.8 Å². The lowest BCUT2D eigenvalue weighted by Crippen LogP contribution is -2.11. The Labute approximate surface area is 204 Å². The molecular formula is C24H19BrN2O4S2. The van der Waals surface area contributed by atoms with Gasteiger partial charge in [0, 0.05) is 33.6 Å². The van der Waals surface area contributed by atoms with Gasteiger partial charge in [0.25, 0.3) is 5.91 Å². The second kappa shape index (κ2) is 9.86. The molecule has 0 saturated carbocycles. The number of nitrogens with zero attached hydrogens (tertiary/aromatic N) is 1. The van der Waals surface area contributed by atoms with Gasteiger partial charge in [0.2, 0.25) is 0 Å². The molecule has 0 aliphatic carbocycles. The van der Waals surface area contributed by atoms with Gasteiger partial charge in [-0.25, -0.2) is 8.42 Å². The lowest BCUT2D eigenvalue weighted by molar-refractivity contribution is 0.103. The van der Waals surface area contributed by atoms with Gasteiger partial charge in [-0.3, -0.25) is 9.78 Å². The van der Waals surface area contributed by atoms with E-state index >= 15 is 0 Å². The normalized spacial score (nSPS) is 11.2. The molecule has 2 aromatic heterocycles. The third kappa shape index (κ3) is 5.87. The van der Waals surface area contributed by atoms with Crippen LogP contribution in [0.4, 0.5) is 5.69 Å². The molecule has 4 rings (SSSR count). The number of hydrogen-bond donors (Lipinski definition) is 1. The highest BCUT2D eigenvalue weighted by molar-refractivity contribution is 9.10. The Bertz CT molecular complexity index is 1400. The van der Waals surface area contributed by atoms with Crippen molar-refractivity contribution < 1.29 is 17.9 Å². The van der Waals surface area contributed by atoms with Crippen molar-refractivity contribution in [3.63, 3.8) is 0 Å². The number of carbonyl (C=O) groups excluding carboxylic acids is 1. The number of sulfone groups is 1. The summed E-state index contributed by atoms with van der Waals surface area (Å²) in [5.41, 5.74) is 2.83. The fourth-order valence-electron chi connectivity index (χ4n) is 3.08. The number of nitrogens with one attached hydrogen (secondary N) is 1. The highest BCUT2D eigenvalue weighted by atomic mass is 79.9. The number of halogens is 1. The molecule has 6 nitrogen and oxygen atoms in total.